The van der Waals surface area contributed by atoms with Gasteiger partial charge in [0.05, 0.1) is 32.3 Å². The first-order valence-electron chi connectivity index (χ1n) is 11.7. The number of hydrogen-bond donors (Lipinski definition) is 0. The molecule has 3 aromatic carbocycles. The molecule has 0 spiro atoms. The zero-order chi connectivity index (χ0) is 28.6. The van der Waals surface area contributed by atoms with Crippen LogP contribution < -0.4 is 19.5 Å². The third kappa shape index (κ3) is 5.06. The minimum Gasteiger partial charge on any atom is -0.497 e. The highest BCUT2D eigenvalue weighted by Crippen LogP contribution is 2.34. The van der Waals surface area contributed by atoms with Gasteiger partial charge < -0.3 is 13.9 Å². The molecule has 0 bridgehead atoms. The van der Waals surface area contributed by atoms with Crippen LogP contribution in [0.4, 0.5) is 9.52 Å². The van der Waals surface area contributed by atoms with Crippen molar-refractivity contribution in [1.29, 1.82) is 0 Å². The summed E-state index contributed by atoms with van der Waals surface area (Å²) in [4.78, 5) is 16.3. The molecule has 5 aromatic rings. The van der Waals surface area contributed by atoms with Crippen molar-refractivity contribution in [3.8, 4) is 11.5 Å². The van der Waals surface area contributed by atoms with Gasteiger partial charge >= 0.3 is 5.76 Å². The second kappa shape index (κ2) is 11.2. The fraction of sp³-hybridized carbons (Fsp3) is 0.192. The van der Waals surface area contributed by atoms with E-state index < -0.39 is 32.5 Å². The molecule has 5 rings (SSSR count). The smallest absolute Gasteiger partial charge is 0.420 e. The Hall–Kier alpha value is -3.50. The van der Waals surface area contributed by atoms with Gasteiger partial charge in [0, 0.05) is 38.9 Å². The molecule has 0 amide bonds. The molecule has 2 heterocycles. The molecule has 0 fully saturated rings. The Morgan fingerprint density at radius 1 is 1.15 bits per heavy atom. The van der Waals surface area contributed by atoms with E-state index in [-0.39, 0.29) is 22.8 Å². The monoisotopic (exact) mass is 696 g/mol. The summed E-state index contributed by atoms with van der Waals surface area (Å²) in [5.74, 6) is -0.901. The molecule has 0 saturated heterocycles. The van der Waals surface area contributed by atoms with E-state index >= 15 is 4.39 Å². The van der Waals surface area contributed by atoms with Crippen molar-refractivity contribution in [2.45, 2.75) is 24.4 Å². The van der Waals surface area contributed by atoms with Crippen LogP contribution in [0, 0.1) is 9.39 Å². The van der Waals surface area contributed by atoms with Gasteiger partial charge in [-0.1, -0.05) is 18.2 Å². The maximum Gasteiger partial charge on any atom is 0.420 e. The Kier molecular flexibility index (Phi) is 7.83. The fourth-order valence-corrected chi connectivity index (χ4v) is 7.37. The van der Waals surface area contributed by atoms with E-state index in [1.807, 2.05) is 24.3 Å². The van der Waals surface area contributed by atoms with Crippen LogP contribution in [-0.4, -0.2) is 36.6 Å². The van der Waals surface area contributed by atoms with Crippen molar-refractivity contribution in [1.82, 2.24) is 13.9 Å². The van der Waals surface area contributed by atoms with Crippen molar-refractivity contribution >= 4 is 60.4 Å². The first kappa shape index (κ1) is 28.0. The quantitative estimate of drug-likeness (QED) is 0.193. The van der Waals surface area contributed by atoms with Gasteiger partial charge in [-0.2, -0.15) is 4.37 Å². The number of sulfonamides is 1. The Morgan fingerprint density at radius 3 is 2.60 bits per heavy atom. The largest absolute Gasteiger partial charge is 0.497 e. The lowest BCUT2D eigenvalue weighted by atomic mass is 10.1. The number of ether oxygens (including phenoxy) is 2. The van der Waals surface area contributed by atoms with Gasteiger partial charge in [0.25, 0.3) is 10.0 Å². The Morgan fingerprint density at radius 2 is 1.93 bits per heavy atom. The summed E-state index contributed by atoms with van der Waals surface area (Å²) in [6.07, 6.45) is 1.21. The summed E-state index contributed by atoms with van der Waals surface area (Å²) < 4.78 is 66.7. The highest BCUT2D eigenvalue weighted by Gasteiger charge is 2.33. The average Bonchev–Trinajstić information content (AvgIpc) is 3.58. The summed E-state index contributed by atoms with van der Waals surface area (Å²) in [6, 6.07) is 13.9. The van der Waals surface area contributed by atoms with Gasteiger partial charge in [-0.25, -0.2) is 26.9 Å². The van der Waals surface area contributed by atoms with E-state index in [9.17, 15) is 13.2 Å². The van der Waals surface area contributed by atoms with Crippen LogP contribution in [-0.2, 0) is 16.6 Å². The van der Waals surface area contributed by atoms with Crippen molar-refractivity contribution in [2.24, 2.45) is 0 Å². The average molecular weight is 697 g/mol. The fourth-order valence-electron chi connectivity index (χ4n) is 4.34. The van der Waals surface area contributed by atoms with E-state index in [1.54, 1.807) is 25.1 Å². The van der Waals surface area contributed by atoms with E-state index in [4.69, 9.17) is 13.9 Å². The van der Waals surface area contributed by atoms with Gasteiger partial charge in [0.1, 0.15) is 28.5 Å². The Bertz CT molecular complexity index is 1860. The van der Waals surface area contributed by atoms with Gasteiger partial charge in [0.15, 0.2) is 5.58 Å². The van der Waals surface area contributed by atoms with Gasteiger partial charge in [-0.05, 0) is 53.3 Å². The molecule has 14 heteroatoms. The minimum absolute atomic E-state index is 0.0173. The first-order valence-corrected chi connectivity index (χ1v) is 15.0. The van der Waals surface area contributed by atoms with Gasteiger partial charge in [0.2, 0.25) is 5.13 Å². The second-order valence-corrected chi connectivity index (χ2v) is 12.4. The molecule has 208 valence electrons. The van der Waals surface area contributed by atoms with Crippen LogP contribution in [0.2, 0.25) is 0 Å². The topological polar surface area (TPSA) is 117 Å². The number of nitrogens with zero attached hydrogens (tertiary/aromatic N) is 4. The molecule has 1 atom stereocenters. The third-order valence-corrected chi connectivity index (χ3v) is 9.89. The summed E-state index contributed by atoms with van der Waals surface area (Å²) in [5, 5.41) is 0.0173. The zero-order valence-corrected chi connectivity index (χ0v) is 25.2. The van der Waals surface area contributed by atoms with Crippen molar-refractivity contribution < 1.29 is 26.7 Å². The number of hydrogen-bond acceptors (Lipinski definition) is 9. The van der Waals surface area contributed by atoms with Crippen LogP contribution in [0.15, 0.2) is 75.0 Å². The SMILES string of the molecule is COc1ccc(CN(c2ncns2)S(=O)(=O)c2cc3oc(=O)n(C(C)c4ccccc4I)c3cc2F)c(OC)c1. The number of fused-ring (bicyclic) bond motifs is 1. The zero-order valence-electron chi connectivity index (χ0n) is 21.4. The van der Waals surface area contributed by atoms with Crippen LogP contribution >= 0.6 is 34.1 Å². The number of halogens is 2. The number of rotatable bonds is 9. The summed E-state index contributed by atoms with van der Waals surface area (Å²) in [5.41, 5.74) is 1.38. The molecule has 0 aliphatic rings. The molecule has 0 N–H and O–H groups in total. The predicted octanol–water partition coefficient (Wildman–Crippen LogP) is 5.21. The normalized spacial score (nSPS) is 12.4. The number of anilines is 1. The van der Waals surface area contributed by atoms with E-state index in [2.05, 4.69) is 31.9 Å². The lowest BCUT2D eigenvalue weighted by Crippen LogP contribution is -2.31. The maximum absolute atomic E-state index is 15.7. The second-order valence-electron chi connectivity index (χ2n) is 8.60. The van der Waals surface area contributed by atoms with E-state index in [1.165, 1.54) is 25.1 Å². The summed E-state index contributed by atoms with van der Waals surface area (Å²) in [6.45, 7) is 1.55. The molecule has 0 aliphatic carbocycles. The molecular weight excluding hydrogens is 674 g/mol. The molecule has 0 aliphatic heterocycles. The Labute approximate surface area is 246 Å². The number of benzene rings is 3. The van der Waals surface area contributed by atoms with Crippen LogP contribution in [0.3, 0.4) is 0 Å². The molecule has 10 nitrogen and oxygen atoms in total. The van der Waals surface area contributed by atoms with Crippen LogP contribution in [0.1, 0.15) is 24.1 Å². The molecular formula is C26H22FIN4O6S2. The Balaban J connectivity index is 1.61. The van der Waals surface area contributed by atoms with Crippen molar-refractivity contribution in [3.05, 3.63) is 92.0 Å². The third-order valence-electron chi connectivity index (χ3n) is 6.35. The van der Waals surface area contributed by atoms with E-state index in [0.717, 1.165) is 37.1 Å². The number of methoxy groups -OCH3 is 2. The summed E-state index contributed by atoms with van der Waals surface area (Å²) in [7, 11) is -1.62. The van der Waals surface area contributed by atoms with Crippen molar-refractivity contribution in [2.75, 3.05) is 18.5 Å². The predicted molar refractivity (Wildman–Crippen MR) is 156 cm³/mol. The standard InChI is InChI=1S/C26H22FIN4O6S2/c1-15(18-6-4-5-7-20(18)28)32-21-11-19(27)24(12-23(21)38-26(32)33)40(34,35)31(25-29-14-30-39-25)13-16-8-9-17(36-2)10-22(16)37-3/h4-12,14-15H,13H2,1-3H3. The molecule has 0 saturated carbocycles. The maximum atomic E-state index is 15.7. The first-order chi connectivity index (χ1) is 19.1. The minimum atomic E-state index is -4.56. The molecule has 0 radical (unpaired) electrons. The molecule has 2 aromatic heterocycles. The van der Waals surface area contributed by atoms with E-state index in [0.29, 0.717) is 17.1 Å². The molecule has 1 unspecified atom stereocenters. The number of aromatic nitrogens is 3. The van der Waals surface area contributed by atoms with Crippen LogP contribution in [0.25, 0.3) is 11.1 Å². The van der Waals surface area contributed by atoms with Crippen LogP contribution in [0.5, 0.6) is 11.5 Å². The van der Waals surface area contributed by atoms with Gasteiger partial charge in [-0.3, -0.25) is 4.57 Å². The summed E-state index contributed by atoms with van der Waals surface area (Å²) >= 11 is 2.99. The lowest BCUT2D eigenvalue weighted by molar-refractivity contribution is 0.391. The molecule has 40 heavy (non-hydrogen) atoms. The van der Waals surface area contributed by atoms with Gasteiger partial charge in [-0.15, -0.1) is 0 Å². The number of oxazole rings is 1. The highest BCUT2D eigenvalue weighted by atomic mass is 127. The lowest BCUT2D eigenvalue weighted by Gasteiger charge is -2.23. The van der Waals surface area contributed by atoms with Crippen molar-refractivity contribution in [3.63, 3.8) is 0 Å². The highest BCUT2D eigenvalue weighted by molar-refractivity contribution is 14.1.